The Balaban J connectivity index is 2.15. The van der Waals surface area contributed by atoms with Gasteiger partial charge in [0.05, 0.1) is 18.2 Å². The van der Waals surface area contributed by atoms with Crippen LogP contribution in [-0.2, 0) is 4.79 Å². The molecule has 2 heterocycles. The third-order valence-corrected chi connectivity index (χ3v) is 4.56. The standard InChI is InChI=1S/C21H23N5O3/c1-3-23-21-24-11-13(2)19(25-21)15-9-17(20(28)29)26(12-15)16(10-18(22)27)14-7-5-4-6-8-14/h4-9,11-12,16H,3,10H2,1-2H3,(H2,22,27)(H,28,29)(H,23,24,25). The second-order valence-electron chi connectivity index (χ2n) is 6.68. The van der Waals surface area contributed by atoms with Crippen molar-refractivity contribution in [2.24, 2.45) is 5.73 Å². The summed E-state index contributed by atoms with van der Waals surface area (Å²) in [6.07, 6.45) is 3.37. The summed E-state index contributed by atoms with van der Waals surface area (Å²) in [6.45, 7) is 4.47. The average Bonchev–Trinajstić information content (AvgIpc) is 3.13. The Bertz CT molecular complexity index is 1030. The van der Waals surface area contributed by atoms with E-state index in [0.717, 1.165) is 11.1 Å². The molecule has 0 saturated heterocycles. The highest BCUT2D eigenvalue weighted by atomic mass is 16.4. The van der Waals surface area contributed by atoms with Crippen molar-refractivity contribution in [2.75, 3.05) is 11.9 Å². The van der Waals surface area contributed by atoms with Crippen LogP contribution in [-0.4, -0.2) is 38.1 Å². The van der Waals surface area contributed by atoms with Gasteiger partial charge in [0.25, 0.3) is 0 Å². The third-order valence-electron chi connectivity index (χ3n) is 4.56. The number of hydrogen-bond donors (Lipinski definition) is 3. The number of carbonyl (C=O) groups excluding carboxylic acids is 1. The van der Waals surface area contributed by atoms with Crippen molar-refractivity contribution >= 4 is 17.8 Å². The fourth-order valence-electron chi connectivity index (χ4n) is 3.26. The largest absolute Gasteiger partial charge is 0.477 e. The first-order valence-electron chi connectivity index (χ1n) is 9.27. The minimum atomic E-state index is -1.10. The number of aromatic carboxylic acids is 1. The zero-order valence-corrected chi connectivity index (χ0v) is 16.3. The lowest BCUT2D eigenvalue weighted by molar-refractivity contribution is -0.118. The Kier molecular flexibility index (Phi) is 5.92. The van der Waals surface area contributed by atoms with Crippen molar-refractivity contribution in [3.63, 3.8) is 0 Å². The number of primary amides is 1. The SMILES string of the molecule is CCNc1ncc(C)c(-c2cc(C(=O)O)n(C(CC(N)=O)c3ccccc3)c2)n1. The molecule has 3 aromatic rings. The molecule has 3 rings (SSSR count). The molecule has 0 fully saturated rings. The minimum Gasteiger partial charge on any atom is -0.477 e. The van der Waals surface area contributed by atoms with Gasteiger partial charge in [0.1, 0.15) is 5.69 Å². The third kappa shape index (κ3) is 4.43. The first-order chi connectivity index (χ1) is 13.9. The Hall–Kier alpha value is -3.68. The summed E-state index contributed by atoms with van der Waals surface area (Å²) in [5.41, 5.74) is 8.38. The van der Waals surface area contributed by atoms with Crippen LogP contribution >= 0.6 is 0 Å². The number of nitrogens with two attached hydrogens (primary N) is 1. The number of aromatic nitrogens is 3. The summed E-state index contributed by atoms with van der Waals surface area (Å²) in [5.74, 6) is -1.15. The van der Waals surface area contributed by atoms with E-state index in [1.54, 1.807) is 23.0 Å². The zero-order valence-electron chi connectivity index (χ0n) is 16.3. The van der Waals surface area contributed by atoms with Crippen molar-refractivity contribution < 1.29 is 14.7 Å². The molecular formula is C21H23N5O3. The number of amides is 1. The van der Waals surface area contributed by atoms with E-state index < -0.39 is 17.9 Å². The maximum absolute atomic E-state index is 12.0. The Labute approximate surface area is 168 Å². The Morgan fingerprint density at radius 1 is 1.28 bits per heavy atom. The van der Waals surface area contributed by atoms with Crippen LogP contribution < -0.4 is 11.1 Å². The van der Waals surface area contributed by atoms with Crippen molar-refractivity contribution in [3.05, 3.63) is 65.6 Å². The van der Waals surface area contributed by atoms with E-state index in [1.165, 1.54) is 0 Å². The quantitative estimate of drug-likeness (QED) is 0.541. The molecule has 0 radical (unpaired) electrons. The number of benzene rings is 1. The van der Waals surface area contributed by atoms with Crippen LogP contribution in [0.15, 0.2) is 48.8 Å². The van der Waals surface area contributed by atoms with Crippen LogP contribution in [0, 0.1) is 6.92 Å². The summed E-state index contributed by atoms with van der Waals surface area (Å²) in [6, 6.07) is 10.2. The van der Waals surface area contributed by atoms with Gasteiger partial charge in [0, 0.05) is 24.5 Å². The van der Waals surface area contributed by atoms with E-state index in [1.807, 2.05) is 44.2 Å². The van der Waals surface area contributed by atoms with Crippen LogP contribution in [0.25, 0.3) is 11.3 Å². The molecule has 150 valence electrons. The second kappa shape index (κ2) is 8.55. The number of carboxylic acids is 1. The number of carboxylic acid groups (broad SMARTS) is 1. The molecule has 8 nitrogen and oxygen atoms in total. The fourth-order valence-corrected chi connectivity index (χ4v) is 3.26. The van der Waals surface area contributed by atoms with E-state index in [9.17, 15) is 14.7 Å². The van der Waals surface area contributed by atoms with Crippen LogP contribution in [0.4, 0.5) is 5.95 Å². The van der Waals surface area contributed by atoms with Gasteiger partial charge in [-0.15, -0.1) is 0 Å². The van der Waals surface area contributed by atoms with Crippen LogP contribution in [0.2, 0.25) is 0 Å². The van der Waals surface area contributed by atoms with E-state index in [4.69, 9.17) is 5.73 Å². The molecule has 0 aliphatic rings. The van der Waals surface area contributed by atoms with Crippen molar-refractivity contribution in [2.45, 2.75) is 26.3 Å². The van der Waals surface area contributed by atoms with E-state index in [2.05, 4.69) is 15.3 Å². The summed E-state index contributed by atoms with van der Waals surface area (Å²) in [5, 5.41) is 12.8. The van der Waals surface area contributed by atoms with Gasteiger partial charge >= 0.3 is 5.97 Å². The Morgan fingerprint density at radius 3 is 2.62 bits per heavy atom. The van der Waals surface area contributed by atoms with Gasteiger partial charge in [0.15, 0.2) is 0 Å². The van der Waals surface area contributed by atoms with Crippen LogP contribution in [0.5, 0.6) is 0 Å². The average molecular weight is 393 g/mol. The molecular weight excluding hydrogens is 370 g/mol. The molecule has 1 atom stereocenters. The molecule has 1 amide bonds. The summed E-state index contributed by atoms with van der Waals surface area (Å²) < 4.78 is 1.58. The van der Waals surface area contributed by atoms with Crippen molar-refractivity contribution in [1.29, 1.82) is 0 Å². The van der Waals surface area contributed by atoms with Gasteiger partial charge in [-0.3, -0.25) is 4.79 Å². The molecule has 1 unspecified atom stereocenters. The minimum absolute atomic E-state index is 0.0240. The predicted molar refractivity (Wildman–Crippen MR) is 110 cm³/mol. The van der Waals surface area contributed by atoms with E-state index in [0.29, 0.717) is 23.8 Å². The van der Waals surface area contributed by atoms with Gasteiger partial charge in [0.2, 0.25) is 11.9 Å². The van der Waals surface area contributed by atoms with Crippen molar-refractivity contribution in [1.82, 2.24) is 14.5 Å². The molecule has 4 N–H and O–H groups in total. The maximum atomic E-state index is 12.0. The normalized spacial score (nSPS) is 11.8. The first-order valence-corrected chi connectivity index (χ1v) is 9.27. The molecule has 0 aliphatic carbocycles. The lowest BCUT2D eigenvalue weighted by Crippen LogP contribution is -2.22. The summed E-state index contributed by atoms with van der Waals surface area (Å²) >= 11 is 0. The molecule has 0 saturated carbocycles. The van der Waals surface area contributed by atoms with E-state index >= 15 is 0 Å². The first kappa shape index (κ1) is 20.1. The fraction of sp³-hybridized carbons (Fsp3) is 0.238. The molecule has 2 aromatic heterocycles. The van der Waals surface area contributed by atoms with Crippen LogP contribution in [0.3, 0.4) is 0 Å². The topological polar surface area (TPSA) is 123 Å². The number of anilines is 1. The lowest BCUT2D eigenvalue weighted by atomic mass is 10.0. The molecule has 1 aromatic carbocycles. The molecule has 29 heavy (non-hydrogen) atoms. The predicted octanol–water partition coefficient (Wildman–Crippen LogP) is 2.85. The van der Waals surface area contributed by atoms with Gasteiger partial charge in [-0.05, 0) is 31.0 Å². The van der Waals surface area contributed by atoms with Gasteiger partial charge in [-0.2, -0.15) is 0 Å². The van der Waals surface area contributed by atoms with E-state index in [-0.39, 0.29) is 12.1 Å². The highest BCUT2D eigenvalue weighted by molar-refractivity contribution is 5.88. The van der Waals surface area contributed by atoms with Crippen molar-refractivity contribution in [3.8, 4) is 11.3 Å². The zero-order chi connectivity index (χ0) is 21.0. The van der Waals surface area contributed by atoms with Crippen LogP contribution in [0.1, 0.15) is 41.0 Å². The smallest absolute Gasteiger partial charge is 0.352 e. The number of rotatable bonds is 8. The number of hydrogen-bond acceptors (Lipinski definition) is 5. The molecule has 0 spiro atoms. The Morgan fingerprint density at radius 2 is 2.00 bits per heavy atom. The second-order valence-corrected chi connectivity index (χ2v) is 6.68. The number of carbonyl (C=O) groups is 2. The molecule has 0 aliphatic heterocycles. The van der Waals surface area contributed by atoms with Gasteiger partial charge in [-0.1, -0.05) is 30.3 Å². The highest BCUT2D eigenvalue weighted by Crippen LogP contribution is 2.30. The molecule has 0 bridgehead atoms. The van der Waals surface area contributed by atoms with Gasteiger partial charge < -0.3 is 20.7 Å². The highest BCUT2D eigenvalue weighted by Gasteiger charge is 2.24. The maximum Gasteiger partial charge on any atom is 0.352 e. The number of nitrogens with zero attached hydrogens (tertiary/aromatic N) is 3. The molecule has 8 heteroatoms. The van der Waals surface area contributed by atoms with Gasteiger partial charge in [-0.25, -0.2) is 14.8 Å². The summed E-state index contributed by atoms with van der Waals surface area (Å²) in [4.78, 5) is 32.4. The summed E-state index contributed by atoms with van der Waals surface area (Å²) in [7, 11) is 0. The number of nitrogens with one attached hydrogen (secondary N) is 1. The number of aryl methyl sites for hydroxylation is 1. The monoisotopic (exact) mass is 393 g/mol. The lowest BCUT2D eigenvalue weighted by Gasteiger charge is -2.20.